The molecule has 1 N–H and O–H groups in total. The molecule has 0 atom stereocenters. The quantitative estimate of drug-likeness (QED) is 0.844. The van der Waals surface area contributed by atoms with E-state index < -0.39 is 0 Å². The Hall–Kier alpha value is -1.84. The molecule has 0 saturated heterocycles. The van der Waals surface area contributed by atoms with Gasteiger partial charge in [0.2, 0.25) is 0 Å². The fraction of sp³-hybridized carbons (Fsp3) is 0.467. The van der Waals surface area contributed by atoms with Crippen molar-refractivity contribution in [3.8, 4) is 0 Å². The second-order valence-corrected chi connectivity index (χ2v) is 5.08. The number of amides is 1. The van der Waals surface area contributed by atoms with Crippen molar-refractivity contribution < 1.29 is 4.79 Å². The van der Waals surface area contributed by atoms with Gasteiger partial charge in [0.15, 0.2) is 5.43 Å². The molecule has 1 aliphatic carbocycles. The van der Waals surface area contributed by atoms with Gasteiger partial charge in [0, 0.05) is 30.5 Å². The third kappa shape index (κ3) is 2.95. The predicted octanol–water partition coefficient (Wildman–Crippen LogP) is 2.25. The molecular formula is C15H20N2O2. The Kier molecular flexibility index (Phi) is 4.20. The topological polar surface area (TPSA) is 53.2 Å². The molecule has 4 nitrogen and oxygen atoms in total. The van der Waals surface area contributed by atoms with Crippen LogP contribution in [-0.2, 0) is 0 Å². The lowest BCUT2D eigenvalue weighted by Crippen LogP contribution is -2.40. The number of nitrogens with zero attached hydrogens (tertiary/aromatic N) is 1. The first-order chi connectivity index (χ1) is 9.13. The highest BCUT2D eigenvalue weighted by molar-refractivity contribution is 5.94. The average molecular weight is 260 g/mol. The first kappa shape index (κ1) is 13.6. The number of rotatable bonds is 4. The molecule has 1 aliphatic rings. The van der Waals surface area contributed by atoms with E-state index in [1.54, 1.807) is 17.9 Å². The SMILES string of the molecule is C=CCN(C(=O)c1c[nH]c(C)cc1=O)C1CCCC1. The monoisotopic (exact) mass is 260 g/mol. The van der Waals surface area contributed by atoms with Crippen LogP contribution >= 0.6 is 0 Å². The molecule has 1 fully saturated rings. The molecule has 2 rings (SSSR count). The summed E-state index contributed by atoms with van der Waals surface area (Å²) in [5, 5.41) is 0. The first-order valence-corrected chi connectivity index (χ1v) is 6.74. The van der Waals surface area contributed by atoms with Gasteiger partial charge in [-0.2, -0.15) is 0 Å². The fourth-order valence-electron chi connectivity index (χ4n) is 2.65. The van der Waals surface area contributed by atoms with Gasteiger partial charge < -0.3 is 9.88 Å². The highest BCUT2D eigenvalue weighted by Crippen LogP contribution is 2.24. The molecule has 0 aliphatic heterocycles. The van der Waals surface area contributed by atoms with E-state index in [1.165, 1.54) is 12.3 Å². The maximum atomic E-state index is 12.5. The number of aryl methyl sites for hydroxylation is 1. The Labute approximate surface area is 113 Å². The van der Waals surface area contributed by atoms with Crippen LogP contribution in [0.15, 0.2) is 29.7 Å². The van der Waals surface area contributed by atoms with E-state index in [2.05, 4.69) is 11.6 Å². The average Bonchev–Trinajstić information content (AvgIpc) is 2.89. The lowest BCUT2D eigenvalue weighted by Gasteiger charge is -2.27. The Morgan fingerprint density at radius 1 is 1.53 bits per heavy atom. The zero-order valence-electron chi connectivity index (χ0n) is 11.3. The van der Waals surface area contributed by atoms with E-state index in [9.17, 15) is 9.59 Å². The molecular weight excluding hydrogens is 240 g/mol. The lowest BCUT2D eigenvalue weighted by atomic mass is 10.1. The molecule has 1 amide bonds. The number of aromatic amines is 1. The van der Waals surface area contributed by atoms with Gasteiger partial charge in [-0.05, 0) is 19.8 Å². The van der Waals surface area contributed by atoms with Crippen LogP contribution < -0.4 is 5.43 Å². The third-order valence-electron chi connectivity index (χ3n) is 3.64. The van der Waals surface area contributed by atoms with E-state index in [0.29, 0.717) is 6.54 Å². The molecule has 1 aromatic rings. The van der Waals surface area contributed by atoms with Crippen LogP contribution in [0.1, 0.15) is 41.7 Å². The van der Waals surface area contributed by atoms with E-state index in [-0.39, 0.29) is 22.9 Å². The summed E-state index contributed by atoms with van der Waals surface area (Å²) in [5.74, 6) is -0.187. The number of carbonyl (C=O) groups is 1. The summed E-state index contributed by atoms with van der Waals surface area (Å²) in [7, 11) is 0. The fourth-order valence-corrected chi connectivity index (χ4v) is 2.65. The smallest absolute Gasteiger partial charge is 0.259 e. The van der Waals surface area contributed by atoms with Gasteiger partial charge in [0.1, 0.15) is 5.56 Å². The van der Waals surface area contributed by atoms with E-state index in [0.717, 1.165) is 31.4 Å². The van der Waals surface area contributed by atoms with Gasteiger partial charge in [-0.15, -0.1) is 6.58 Å². The summed E-state index contributed by atoms with van der Waals surface area (Å²) in [6, 6.07) is 1.71. The van der Waals surface area contributed by atoms with E-state index >= 15 is 0 Å². The van der Waals surface area contributed by atoms with Crippen LogP contribution in [0.3, 0.4) is 0 Å². The lowest BCUT2D eigenvalue weighted by molar-refractivity contribution is 0.0705. The number of hydrogen-bond acceptors (Lipinski definition) is 2. The van der Waals surface area contributed by atoms with E-state index in [4.69, 9.17) is 0 Å². The number of hydrogen-bond donors (Lipinski definition) is 1. The number of aromatic nitrogens is 1. The van der Waals surface area contributed by atoms with Crippen molar-refractivity contribution >= 4 is 5.91 Å². The minimum Gasteiger partial charge on any atom is -0.364 e. The maximum absolute atomic E-state index is 12.5. The van der Waals surface area contributed by atoms with Gasteiger partial charge in [-0.25, -0.2) is 0 Å². The Morgan fingerprint density at radius 3 is 2.79 bits per heavy atom. The van der Waals surface area contributed by atoms with Crippen LogP contribution in [0.25, 0.3) is 0 Å². The molecule has 1 saturated carbocycles. The standard InChI is InChI=1S/C15H20N2O2/c1-3-8-17(12-6-4-5-7-12)15(19)13-10-16-11(2)9-14(13)18/h3,9-10,12H,1,4-8H2,2H3,(H,16,18). The Balaban J connectivity index is 2.27. The van der Waals surface area contributed by atoms with Crippen LogP contribution in [0, 0.1) is 6.92 Å². The summed E-state index contributed by atoms with van der Waals surface area (Å²) < 4.78 is 0. The largest absolute Gasteiger partial charge is 0.364 e. The molecule has 0 radical (unpaired) electrons. The van der Waals surface area contributed by atoms with Crippen LogP contribution in [-0.4, -0.2) is 28.4 Å². The Morgan fingerprint density at radius 2 is 2.21 bits per heavy atom. The van der Waals surface area contributed by atoms with Crippen molar-refractivity contribution in [1.29, 1.82) is 0 Å². The summed E-state index contributed by atoms with van der Waals surface area (Å²) in [4.78, 5) is 29.1. The molecule has 1 heterocycles. The van der Waals surface area contributed by atoms with Crippen molar-refractivity contribution in [3.63, 3.8) is 0 Å². The van der Waals surface area contributed by atoms with Gasteiger partial charge in [0.25, 0.3) is 5.91 Å². The second-order valence-electron chi connectivity index (χ2n) is 5.08. The third-order valence-corrected chi connectivity index (χ3v) is 3.64. The van der Waals surface area contributed by atoms with Gasteiger partial charge in [-0.3, -0.25) is 9.59 Å². The van der Waals surface area contributed by atoms with Gasteiger partial charge >= 0.3 is 0 Å². The van der Waals surface area contributed by atoms with Crippen LogP contribution in [0.4, 0.5) is 0 Å². The molecule has 0 unspecified atom stereocenters. The first-order valence-electron chi connectivity index (χ1n) is 6.74. The summed E-state index contributed by atoms with van der Waals surface area (Å²) in [6.07, 6.45) is 7.57. The predicted molar refractivity (Wildman–Crippen MR) is 75.3 cm³/mol. The van der Waals surface area contributed by atoms with Crippen molar-refractivity contribution in [2.45, 2.75) is 38.6 Å². The van der Waals surface area contributed by atoms with E-state index in [1.807, 2.05) is 0 Å². The van der Waals surface area contributed by atoms with Crippen molar-refractivity contribution in [2.75, 3.05) is 6.54 Å². The zero-order chi connectivity index (χ0) is 13.8. The van der Waals surface area contributed by atoms with Crippen LogP contribution in [0.2, 0.25) is 0 Å². The Bertz CT molecular complexity index is 527. The summed E-state index contributed by atoms with van der Waals surface area (Å²) in [5.41, 5.74) is 0.769. The normalized spacial score (nSPS) is 15.4. The number of pyridine rings is 1. The van der Waals surface area contributed by atoms with Crippen molar-refractivity contribution in [3.05, 3.63) is 46.4 Å². The van der Waals surface area contributed by atoms with Crippen molar-refractivity contribution in [1.82, 2.24) is 9.88 Å². The molecule has 0 bridgehead atoms. The molecule has 19 heavy (non-hydrogen) atoms. The summed E-state index contributed by atoms with van der Waals surface area (Å²) >= 11 is 0. The number of H-pyrrole nitrogens is 1. The molecule has 102 valence electrons. The second kappa shape index (κ2) is 5.87. The van der Waals surface area contributed by atoms with Crippen LogP contribution in [0.5, 0.6) is 0 Å². The highest BCUT2D eigenvalue weighted by Gasteiger charge is 2.27. The van der Waals surface area contributed by atoms with Gasteiger partial charge in [-0.1, -0.05) is 18.9 Å². The molecule has 4 heteroatoms. The van der Waals surface area contributed by atoms with Crippen molar-refractivity contribution in [2.24, 2.45) is 0 Å². The number of carbonyl (C=O) groups excluding carboxylic acids is 1. The molecule has 0 aromatic carbocycles. The molecule has 0 spiro atoms. The highest BCUT2D eigenvalue weighted by atomic mass is 16.2. The van der Waals surface area contributed by atoms with Gasteiger partial charge in [0.05, 0.1) is 0 Å². The minimum absolute atomic E-state index is 0.187. The molecule has 1 aromatic heterocycles. The number of nitrogens with one attached hydrogen (secondary N) is 1. The minimum atomic E-state index is -0.215. The zero-order valence-corrected chi connectivity index (χ0v) is 11.3. The maximum Gasteiger partial charge on any atom is 0.259 e. The summed E-state index contributed by atoms with van der Waals surface area (Å²) in [6.45, 7) is 6.00.